The predicted molar refractivity (Wildman–Crippen MR) is 83.5 cm³/mol. The topological polar surface area (TPSA) is 110 Å². The van der Waals surface area contributed by atoms with E-state index in [4.69, 9.17) is 5.73 Å². The molecule has 0 aliphatic heterocycles. The van der Waals surface area contributed by atoms with E-state index in [0.717, 1.165) is 5.69 Å². The number of amides is 2. The molecule has 2 heterocycles. The number of anilines is 2. The van der Waals surface area contributed by atoms with Crippen molar-refractivity contribution in [2.45, 2.75) is 13.3 Å². The Balaban J connectivity index is 1.86. The molecule has 22 heavy (non-hydrogen) atoms. The van der Waals surface area contributed by atoms with E-state index in [9.17, 15) is 9.59 Å². The minimum atomic E-state index is -0.566. The maximum atomic E-state index is 11.8. The second-order valence-corrected chi connectivity index (χ2v) is 4.67. The molecular formula is C15H17N5O2. The lowest BCUT2D eigenvalue weighted by Gasteiger charge is -2.09. The van der Waals surface area contributed by atoms with Gasteiger partial charge in [-0.2, -0.15) is 0 Å². The first kappa shape index (κ1) is 15.4. The second-order valence-electron chi connectivity index (χ2n) is 4.67. The lowest BCUT2D eigenvalue weighted by Crippen LogP contribution is -2.19. The summed E-state index contributed by atoms with van der Waals surface area (Å²) in [5.74, 6) is -0.212. The van der Waals surface area contributed by atoms with Crippen molar-refractivity contribution in [3.63, 3.8) is 0 Å². The normalized spacial score (nSPS) is 10.0. The standard InChI is InChI=1S/C15H17N5O2/c1-10-3-2-4-13(19-10)20-14(21)6-8-18-12-5-7-17-9-11(12)15(16)22/h2-5,7,9H,6,8H2,1H3,(H2,16,22)(H,17,18)(H,19,20,21). The van der Waals surface area contributed by atoms with Crippen molar-refractivity contribution in [1.82, 2.24) is 9.97 Å². The molecule has 0 atom stereocenters. The predicted octanol–water partition coefficient (Wildman–Crippen LogP) is 1.32. The molecule has 0 saturated carbocycles. The van der Waals surface area contributed by atoms with Crippen molar-refractivity contribution in [2.24, 2.45) is 5.73 Å². The third-order valence-electron chi connectivity index (χ3n) is 2.91. The maximum absolute atomic E-state index is 11.8. The first-order valence-corrected chi connectivity index (χ1v) is 6.77. The van der Waals surface area contributed by atoms with Crippen molar-refractivity contribution < 1.29 is 9.59 Å². The number of carbonyl (C=O) groups is 2. The zero-order chi connectivity index (χ0) is 15.9. The van der Waals surface area contributed by atoms with E-state index in [-0.39, 0.29) is 12.3 Å². The number of nitrogens with zero attached hydrogens (tertiary/aromatic N) is 2. The highest BCUT2D eigenvalue weighted by Crippen LogP contribution is 2.12. The van der Waals surface area contributed by atoms with Crippen molar-refractivity contribution in [1.29, 1.82) is 0 Å². The minimum Gasteiger partial charge on any atom is -0.384 e. The molecule has 7 nitrogen and oxygen atoms in total. The summed E-state index contributed by atoms with van der Waals surface area (Å²) in [7, 11) is 0. The number of aryl methyl sites for hydroxylation is 1. The van der Waals surface area contributed by atoms with Crippen LogP contribution in [0.5, 0.6) is 0 Å². The van der Waals surface area contributed by atoms with Crippen molar-refractivity contribution in [2.75, 3.05) is 17.2 Å². The molecule has 0 bridgehead atoms. The summed E-state index contributed by atoms with van der Waals surface area (Å²) in [6, 6.07) is 7.05. The second kappa shape index (κ2) is 7.16. The van der Waals surface area contributed by atoms with Crippen LogP contribution in [-0.4, -0.2) is 28.3 Å². The summed E-state index contributed by atoms with van der Waals surface area (Å²) >= 11 is 0. The Morgan fingerprint density at radius 2 is 2.09 bits per heavy atom. The number of nitrogens with two attached hydrogens (primary N) is 1. The molecule has 2 amide bonds. The Labute approximate surface area is 128 Å². The molecule has 2 rings (SSSR count). The van der Waals surface area contributed by atoms with E-state index in [1.165, 1.54) is 6.20 Å². The maximum Gasteiger partial charge on any atom is 0.252 e. The fourth-order valence-corrected chi connectivity index (χ4v) is 1.87. The minimum absolute atomic E-state index is 0.166. The fraction of sp³-hybridized carbons (Fsp3) is 0.200. The van der Waals surface area contributed by atoms with Crippen molar-refractivity contribution >= 4 is 23.3 Å². The molecule has 4 N–H and O–H groups in total. The first-order chi connectivity index (χ1) is 10.6. The lowest BCUT2D eigenvalue weighted by atomic mass is 10.2. The Hall–Kier alpha value is -2.96. The SMILES string of the molecule is Cc1cccc(NC(=O)CCNc2ccncc2C(N)=O)n1. The van der Waals surface area contributed by atoms with Crippen LogP contribution in [0, 0.1) is 6.92 Å². The van der Waals surface area contributed by atoms with Crippen LogP contribution in [0.25, 0.3) is 0 Å². The van der Waals surface area contributed by atoms with E-state index >= 15 is 0 Å². The molecule has 2 aromatic rings. The molecule has 114 valence electrons. The molecule has 2 aromatic heterocycles. The summed E-state index contributed by atoms with van der Waals surface area (Å²) in [6.07, 6.45) is 3.17. The molecule has 0 fully saturated rings. The number of hydrogen-bond donors (Lipinski definition) is 3. The van der Waals surface area contributed by atoms with E-state index < -0.39 is 5.91 Å². The monoisotopic (exact) mass is 299 g/mol. The largest absolute Gasteiger partial charge is 0.384 e. The van der Waals surface area contributed by atoms with Gasteiger partial charge < -0.3 is 16.4 Å². The van der Waals surface area contributed by atoms with Gasteiger partial charge in [-0.25, -0.2) is 4.98 Å². The smallest absolute Gasteiger partial charge is 0.252 e. The van der Waals surface area contributed by atoms with Gasteiger partial charge >= 0.3 is 0 Å². The molecule has 0 aliphatic rings. The van der Waals surface area contributed by atoms with Crippen molar-refractivity contribution in [3.8, 4) is 0 Å². The molecule has 0 spiro atoms. The van der Waals surface area contributed by atoms with Crippen LogP contribution in [0.1, 0.15) is 22.5 Å². The summed E-state index contributed by atoms with van der Waals surface area (Å²) in [6.45, 7) is 2.22. The quantitative estimate of drug-likeness (QED) is 0.745. The number of carbonyl (C=O) groups excluding carboxylic acids is 2. The van der Waals surface area contributed by atoms with Gasteiger partial charge in [0.25, 0.3) is 5.91 Å². The molecule has 0 radical (unpaired) electrons. The van der Waals surface area contributed by atoms with Gasteiger partial charge in [0.05, 0.1) is 11.3 Å². The summed E-state index contributed by atoms with van der Waals surface area (Å²) in [5, 5.41) is 5.71. The Morgan fingerprint density at radius 3 is 2.82 bits per heavy atom. The van der Waals surface area contributed by atoms with Gasteiger partial charge in [-0.1, -0.05) is 6.07 Å². The number of rotatable bonds is 6. The fourth-order valence-electron chi connectivity index (χ4n) is 1.87. The Kier molecular flexibility index (Phi) is 5.02. The highest BCUT2D eigenvalue weighted by atomic mass is 16.2. The van der Waals surface area contributed by atoms with E-state index in [1.807, 2.05) is 19.1 Å². The summed E-state index contributed by atoms with van der Waals surface area (Å²) < 4.78 is 0. The van der Waals surface area contributed by atoms with Gasteiger partial charge in [-0.15, -0.1) is 0 Å². The summed E-state index contributed by atoms with van der Waals surface area (Å²) in [5.41, 5.74) is 6.94. The van der Waals surface area contributed by atoms with Crippen LogP contribution in [0.4, 0.5) is 11.5 Å². The highest BCUT2D eigenvalue weighted by Gasteiger charge is 2.08. The van der Waals surface area contributed by atoms with Crippen molar-refractivity contribution in [3.05, 3.63) is 47.9 Å². The number of pyridine rings is 2. The zero-order valence-corrected chi connectivity index (χ0v) is 12.2. The molecule has 0 saturated heterocycles. The Morgan fingerprint density at radius 1 is 1.27 bits per heavy atom. The Bertz CT molecular complexity index is 687. The number of nitrogens with one attached hydrogen (secondary N) is 2. The highest BCUT2D eigenvalue weighted by molar-refractivity contribution is 5.98. The number of hydrogen-bond acceptors (Lipinski definition) is 5. The lowest BCUT2D eigenvalue weighted by molar-refractivity contribution is -0.116. The van der Waals surface area contributed by atoms with E-state index in [2.05, 4.69) is 20.6 Å². The van der Waals surface area contributed by atoms with Crippen LogP contribution >= 0.6 is 0 Å². The summed E-state index contributed by atoms with van der Waals surface area (Å²) in [4.78, 5) is 31.1. The van der Waals surface area contributed by atoms with Crippen LogP contribution in [0.3, 0.4) is 0 Å². The third kappa shape index (κ3) is 4.27. The number of aromatic nitrogens is 2. The molecule has 0 aliphatic carbocycles. The first-order valence-electron chi connectivity index (χ1n) is 6.77. The number of primary amides is 1. The van der Waals surface area contributed by atoms with E-state index in [0.29, 0.717) is 23.6 Å². The van der Waals surface area contributed by atoms with Crippen LogP contribution in [0.15, 0.2) is 36.7 Å². The van der Waals surface area contributed by atoms with Gasteiger partial charge in [0.2, 0.25) is 5.91 Å². The van der Waals surface area contributed by atoms with Gasteiger partial charge in [-0.3, -0.25) is 14.6 Å². The van der Waals surface area contributed by atoms with Crippen LogP contribution < -0.4 is 16.4 Å². The average Bonchev–Trinajstić information content (AvgIpc) is 2.47. The van der Waals surface area contributed by atoms with Gasteiger partial charge in [0.1, 0.15) is 5.82 Å². The van der Waals surface area contributed by atoms with E-state index in [1.54, 1.807) is 18.3 Å². The zero-order valence-electron chi connectivity index (χ0n) is 12.2. The van der Waals surface area contributed by atoms with Gasteiger partial charge in [0, 0.05) is 31.1 Å². The molecule has 7 heteroatoms. The molecule has 0 aromatic carbocycles. The van der Waals surface area contributed by atoms with Gasteiger partial charge in [-0.05, 0) is 25.1 Å². The molecular weight excluding hydrogens is 282 g/mol. The average molecular weight is 299 g/mol. The third-order valence-corrected chi connectivity index (χ3v) is 2.91. The van der Waals surface area contributed by atoms with Gasteiger partial charge in [0.15, 0.2) is 0 Å². The van der Waals surface area contributed by atoms with Crippen LogP contribution in [-0.2, 0) is 4.79 Å². The van der Waals surface area contributed by atoms with Crippen LogP contribution in [0.2, 0.25) is 0 Å². The molecule has 0 unspecified atom stereocenters.